The molecule has 1 amide bonds. The Labute approximate surface area is 179 Å². The minimum atomic E-state index is -0.444. The van der Waals surface area contributed by atoms with E-state index in [9.17, 15) is 14.7 Å². The van der Waals surface area contributed by atoms with Gasteiger partial charge in [-0.05, 0) is 55.2 Å². The molecule has 2 aliphatic rings. The summed E-state index contributed by atoms with van der Waals surface area (Å²) in [4.78, 5) is 25.9. The number of aromatic hydroxyl groups is 1. The van der Waals surface area contributed by atoms with Crippen LogP contribution in [0.2, 0.25) is 0 Å². The maximum Gasteiger partial charge on any atom is 0.261 e. The number of phenols is 1. The number of allylic oxidation sites excluding steroid dienone is 2. The van der Waals surface area contributed by atoms with Crippen LogP contribution in [0.5, 0.6) is 5.75 Å². The normalized spacial score (nSPS) is 17.6. The molecule has 1 aliphatic heterocycles. The number of aromatic nitrogens is 2. The van der Waals surface area contributed by atoms with Gasteiger partial charge in [0.2, 0.25) is 0 Å². The van der Waals surface area contributed by atoms with E-state index in [2.05, 4.69) is 15.7 Å². The zero-order chi connectivity index (χ0) is 21.5. The molecule has 3 aromatic rings. The molecule has 2 heterocycles. The summed E-state index contributed by atoms with van der Waals surface area (Å²) in [5.74, 6) is 0.533. The van der Waals surface area contributed by atoms with Crippen LogP contribution in [0.25, 0.3) is 0 Å². The van der Waals surface area contributed by atoms with Crippen molar-refractivity contribution in [1.82, 2.24) is 9.78 Å². The molecule has 0 radical (unpaired) electrons. The summed E-state index contributed by atoms with van der Waals surface area (Å²) in [7, 11) is 0. The number of carbonyl (C=O) groups is 2. The van der Waals surface area contributed by atoms with Crippen LogP contribution in [-0.4, -0.2) is 26.6 Å². The van der Waals surface area contributed by atoms with E-state index in [-0.39, 0.29) is 17.4 Å². The Balaban J connectivity index is 1.57. The van der Waals surface area contributed by atoms with Crippen LogP contribution in [-0.2, 0) is 4.79 Å². The van der Waals surface area contributed by atoms with E-state index < -0.39 is 6.04 Å². The first-order valence-corrected chi connectivity index (χ1v) is 10.3. The van der Waals surface area contributed by atoms with Crippen LogP contribution in [0, 0.1) is 6.92 Å². The molecular formula is C24H22N4O3. The summed E-state index contributed by atoms with van der Waals surface area (Å²) in [6.07, 6.45) is 3.53. The zero-order valence-electron chi connectivity index (χ0n) is 17.1. The van der Waals surface area contributed by atoms with E-state index in [1.165, 1.54) is 6.20 Å². The predicted octanol–water partition coefficient (Wildman–Crippen LogP) is 4.17. The standard InChI is InChI=1S/C24H22N4O3/c1-14-4-2-5-16(12-14)26-24(31)18-13-25-28-22(15-8-10-17(29)11-9-15)21-19(27-23(18)28)6-3-7-20(21)30/h2,4-5,8-13,22,27,29H,3,6-7H2,1H3,(H,26,31)/t22-/m0/s1. The predicted molar refractivity (Wildman–Crippen MR) is 117 cm³/mol. The summed E-state index contributed by atoms with van der Waals surface area (Å²) in [5.41, 5.74) is 4.52. The van der Waals surface area contributed by atoms with Gasteiger partial charge in [0.15, 0.2) is 5.78 Å². The van der Waals surface area contributed by atoms with Gasteiger partial charge in [-0.3, -0.25) is 9.59 Å². The number of hydrogen-bond acceptors (Lipinski definition) is 5. The van der Waals surface area contributed by atoms with Gasteiger partial charge in [-0.1, -0.05) is 24.3 Å². The van der Waals surface area contributed by atoms with Crippen LogP contribution in [0.3, 0.4) is 0 Å². The lowest BCUT2D eigenvalue weighted by atomic mass is 9.85. The molecule has 7 heteroatoms. The lowest BCUT2D eigenvalue weighted by molar-refractivity contribution is -0.116. The third kappa shape index (κ3) is 3.38. The minimum absolute atomic E-state index is 0.0822. The van der Waals surface area contributed by atoms with Crippen LogP contribution in [0.15, 0.2) is 66.0 Å². The smallest absolute Gasteiger partial charge is 0.261 e. The van der Waals surface area contributed by atoms with Crippen molar-refractivity contribution >= 4 is 23.2 Å². The van der Waals surface area contributed by atoms with Crippen molar-refractivity contribution in [2.75, 3.05) is 10.6 Å². The number of fused-ring (bicyclic) bond motifs is 1. The van der Waals surface area contributed by atoms with Crippen molar-refractivity contribution in [2.24, 2.45) is 0 Å². The van der Waals surface area contributed by atoms with Crippen LogP contribution in [0.1, 0.15) is 46.8 Å². The Morgan fingerprint density at radius 2 is 2.00 bits per heavy atom. The quantitative estimate of drug-likeness (QED) is 0.598. The number of phenolic OH excluding ortho intramolecular Hbond substituents is 1. The molecule has 0 saturated heterocycles. The number of hydrogen-bond donors (Lipinski definition) is 3. The summed E-state index contributed by atoms with van der Waals surface area (Å²) in [6, 6.07) is 13.9. The second-order valence-electron chi connectivity index (χ2n) is 7.96. The lowest BCUT2D eigenvalue weighted by Gasteiger charge is -2.33. The first-order chi connectivity index (χ1) is 15.0. The second-order valence-corrected chi connectivity index (χ2v) is 7.96. The molecule has 31 heavy (non-hydrogen) atoms. The number of anilines is 2. The molecular weight excluding hydrogens is 392 g/mol. The third-order valence-corrected chi connectivity index (χ3v) is 5.77. The zero-order valence-corrected chi connectivity index (χ0v) is 17.1. The largest absolute Gasteiger partial charge is 0.508 e. The van der Waals surface area contributed by atoms with Gasteiger partial charge >= 0.3 is 0 Å². The Morgan fingerprint density at radius 1 is 1.19 bits per heavy atom. The van der Waals surface area contributed by atoms with Gasteiger partial charge in [0, 0.05) is 23.4 Å². The van der Waals surface area contributed by atoms with Crippen LogP contribution in [0.4, 0.5) is 11.5 Å². The van der Waals surface area contributed by atoms with Crippen molar-refractivity contribution in [3.05, 3.63) is 82.7 Å². The number of aryl methyl sites for hydroxylation is 1. The average Bonchev–Trinajstić information content (AvgIpc) is 3.17. The highest BCUT2D eigenvalue weighted by Gasteiger charge is 2.37. The van der Waals surface area contributed by atoms with Crippen LogP contribution >= 0.6 is 0 Å². The number of carbonyl (C=O) groups excluding carboxylic acids is 2. The second kappa shape index (κ2) is 7.43. The number of rotatable bonds is 3. The Kier molecular flexibility index (Phi) is 4.58. The summed E-state index contributed by atoms with van der Waals surface area (Å²) in [6.45, 7) is 1.97. The van der Waals surface area contributed by atoms with E-state index in [0.717, 1.165) is 29.7 Å². The lowest BCUT2D eigenvalue weighted by Crippen LogP contribution is -2.32. The van der Waals surface area contributed by atoms with Gasteiger partial charge in [-0.25, -0.2) is 4.68 Å². The van der Waals surface area contributed by atoms with Crippen molar-refractivity contribution in [2.45, 2.75) is 32.2 Å². The van der Waals surface area contributed by atoms with E-state index >= 15 is 0 Å². The van der Waals surface area contributed by atoms with E-state index in [1.807, 2.05) is 31.2 Å². The van der Waals surface area contributed by atoms with Crippen LogP contribution < -0.4 is 10.6 Å². The SMILES string of the molecule is Cc1cccc(NC(=O)c2cnn3c2NC2=C(C(=O)CCC2)[C@@H]3c2ccc(O)cc2)c1. The summed E-state index contributed by atoms with van der Waals surface area (Å²) >= 11 is 0. The number of nitrogens with one attached hydrogen (secondary N) is 2. The molecule has 3 N–H and O–H groups in total. The molecule has 156 valence electrons. The van der Waals surface area contributed by atoms with Crippen molar-refractivity contribution in [1.29, 1.82) is 0 Å². The monoisotopic (exact) mass is 414 g/mol. The Bertz CT molecular complexity index is 1220. The molecule has 1 atom stereocenters. The number of amides is 1. The Morgan fingerprint density at radius 3 is 2.77 bits per heavy atom. The van der Waals surface area contributed by atoms with E-state index in [4.69, 9.17) is 0 Å². The highest BCUT2D eigenvalue weighted by Crippen LogP contribution is 2.41. The van der Waals surface area contributed by atoms with Crippen molar-refractivity contribution < 1.29 is 14.7 Å². The maximum absolute atomic E-state index is 13.1. The molecule has 0 fully saturated rings. The Hall–Kier alpha value is -3.87. The molecule has 5 rings (SSSR count). The average molecular weight is 414 g/mol. The minimum Gasteiger partial charge on any atom is -0.508 e. The maximum atomic E-state index is 13.1. The first kappa shape index (κ1) is 19.1. The molecule has 2 aromatic carbocycles. The molecule has 0 spiro atoms. The van der Waals surface area contributed by atoms with Gasteiger partial charge in [0.05, 0.1) is 6.20 Å². The number of ketones is 1. The highest BCUT2D eigenvalue weighted by atomic mass is 16.3. The van der Waals surface area contributed by atoms with Gasteiger partial charge in [-0.2, -0.15) is 5.10 Å². The third-order valence-electron chi connectivity index (χ3n) is 5.77. The molecule has 0 bridgehead atoms. The number of nitrogens with zero attached hydrogens (tertiary/aromatic N) is 2. The molecule has 1 aliphatic carbocycles. The van der Waals surface area contributed by atoms with Gasteiger partial charge in [0.1, 0.15) is 23.2 Å². The fourth-order valence-corrected chi connectivity index (χ4v) is 4.31. The molecule has 1 aromatic heterocycles. The number of Topliss-reactive ketones (excluding diaryl/α,β-unsaturated/α-hetero) is 1. The summed E-state index contributed by atoms with van der Waals surface area (Å²) < 4.78 is 1.69. The molecule has 7 nitrogen and oxygen atoms in total. The van der Waals surface area contributed by atoms with Gasteiger partial charge in [0.25, 0.3) is 5.91 Å². The summed E-state index contributed by atoms with van der Waals surface area (Å²) in [5, 5.41) is 20.4. The van der Waals surface area contributed by atoms with Crippen molar-refractivity contribution in [3.8, 4) is 5.75 Å². The van der Waals surface area contributed by atoms with Crippen molar-refractivity contribution in [3.63, 3.8) is 0 Å². The van der Waals surface area contributed by atoms with Gasteiger partial charge in [-0.15, -0.1) is 0 Å². The van der Waals surface area contributed by atoms with Gasteiger partial charge < -0.3 is 15.7 Å². The fraction of sp³-hybridized carbons (Fsp3) is 0.208. The topological polar surface area (TPSA) is 96.3 Å². The first-order valence-electron chi connectivity index (χ1n) is 10.3. The molecule has 0 unspecified atom stereocenters. The molecule has 0 saturated carbocycles. The highest BCUT2D eigenvalue weighted by molar-refractivity contribution is 6.08. The van der Waals surface area contributed by atoms with E-state index in [1.54, 1.807) is 28.9 Å². The fourth-order valence-electron chi connectivity index (χ4n) is 4.31. The van der Waals surface area contributed by atoms with E-state index in [0.29, 0.717) is 29.1 Å². The number of benzene rings is 2.